The van der Waals surface area contributed by atoms with Crippen molar-refractivity contribution in [3.05, 3.63) is 35.4 Å². The van der Waals surface area contributed by atoms with Gasteiger partial charge in [0.15, 0.2) is 0 Å². The lowest BCUT2D eigenvalue weighted by Gasteiger charge is -2.43. The minimum absolute atomic E-state index is 0.136. The Hall–Kier alpha value is -2.02. The summed E-state index contributed by atoms with van der Waals surface area (Å²) < 4.78 is 31.8. The molecular formula is C17H20F2N2O3. The Balaban J connectivity index is 1.59. The van der Waals surface area contributed by atoms with Crippen LogP contribution < -0.4 is 5.32 Å². The van der Waals surface area contributed by atoms with Gasteiger partial charge in [0.1, 0.15) is 11.6 Å². The summed E-state index contributed by atoms with van der Waals surface area (Å²) in [5, 5.41) is 2.45. The molecule has 24 heavy (non-hydrogen) atoms. The van der Waals surface area contributed by atoms with Crippen LogP contribution in [0.25, 0.3) is 0 Å². The van der Waals surface area contributed by atoms with Crippen LogP contribution in [0.15, 0.2) is 18.2 Å². The number of amides is 2. The third-order valence-electron chi connectivity index (χ3n) is 4.65. The zero-order chi connectivity index (χ0) is 17.1. The number of hydrogen-bond donors (Lipinski definition) is 1. The summed E-state index contributed by atoms with van der Waals surface area (Å²) in [6, 6.07) is 2.74. The van der Waals surface area contributed by atoms with Crippen molar-refractivity contribution >= 4 is 11.8 Å². The summed E-state index contributed by atoms with van der Waals surface area (Å²) in [6.07, 6.45) is 2.77. The highest BCUT2D eigenvalue weighted by molar-refractivity contribution is 5.96. The molecule has 2 heterocycles. The van der Waals surface area contributed by atoms with Crippen LogP contribution in [0.3, 0.4) is 0 Å². The van der Waals surface area contributed by atoms with E-state index in [2.05, 4.69) is 5.32 Å². The van der Waals surface area contributed by atoms with Crippen molar-refractivity contribution < 1.29 is 23.1 Å². The van der Waals surface area contributed by atoms with E-state index in [9.17, 15) is 18.4 Å². The summed E-state index contributed by atoms with van der Waals surface area (Å²) in [5.41, 5.74) is -0.136. The average Bonchev–Trinajstić information content (AvgIpc) is 2.58. The standard InChI is InChI=1S/C17H20F2N2O3/c18-13-6-12(7-14(19)8-13)17(23)20-9-16(22)21-4-1-2-11-10-24-5-3-15(11)21/h6-8,11,15H,1-5,9-10H2,(H,20,23)/t11-,15-/m0/s1. The van der Waals surface area contributed by atoms with Gasteiger partial charge >= 0.3 is 0 Å². The van der Waals surface area contributed by atoms with Gasteiger partial charge in [0.2, 0.25) is 5.91 Å². The molecule has 0 unspecified atom stereocenters. The minimum atomic E-state index is -0.826. The zero-order valence-electron chi connectivity index (χ0n) is 13.3. The van der Waals surface area contributed by atoms with Crippen molar-refractivity contribution in [2.24, 2.45) is 5.92 Å². The average molecular weight is 338 g/mol. The second-order valence-electron chi connectivity index (χ2n) is 6.26. The van der Waals surface area contributed by atoms with E-state index in [1.807, 2.05) is 4.90 Å². The van der Waals surface area contributed by atoms with Crippen LogP contribution >= 0.6 is 0 Å². The van der Waals surface area contributed by atoms with Crippen molar-refractivity contribution in [3.8, 4) is 0 Å². The number of halogens is 2. The van der Waals surface area contributed by atoms with Gasteiger partial charge < -0.3 is 15.0 Å². The van der Waals surface area contributed by atoms with Crippen LogP contribution in [0.4, 0.5) is 8.78 Å². The Bertz CT molecular complexity index is 616. The molecular weight excluding hydrogens is 318 g/mol. The molecule has 3 rings (SSSR count). The Kier molecular flexibility index (Phi) is 5.08. The Morgan fingerprint density at radius 2 is 1.96 bits per heavy atom. The number of nitrogens with zero attached hydrogens (tertiary/aromatic N) is 1. The van der Waals surface area contributed by atoms with Crippen LogP contribution in [-0.2, 0) is 9.53 Å². The van der Waals surface area contributed by atoms with E-state index in [0.29, 0.717) is 31.7 Å². The molecule has 2 saturated heterocycles. The van der Waals surface area contributed by atoms with Crippen LogP contribution in [0.5, 0.6) is 0 Å². The lowest BCUT2D eigenvalue weighted by atomic mass is 9.86. The highest BCUT2D eigenvalue weighted by atomic mass is 19.1. The molecule has 2 aliphatic heterocycles. The van der Waals surface area contributed by atoms with Gasteiger partial charge in [-0.2, -0.15) is 0 Å². The number of likely N-dealkylation sites (tertiary alicyclic amines) is 1. The number of rotatable bonds is 3. The summed E-state index contributed by atoms with van der Waals surface area (Å²) in [6.45, 7) is 1.80. The summed E-state index contributed by atoms with van der Waals surface area (Å²) in [7, 11) is 0. The van der Waals surface area contributed by atoms with Crippen molar-refractivity contribution in [1.29, 1.82) is 0 Å². The molecule has 0 aliphatic carbocycles. The molecule has 2 amide bonds. The van der Waals surface area contributed by atoms with Gasteiger partial charge in [0.05, 0.1) is 13.2 Å². The normalized spacial score (nSPS) is 23.5. The lowest BCUT2D eigenvalue weighted by molar-refractivity contribution is -0.139. The first-order valence-corrected chi connectivity index (χ1v) is 8.16. The molecule has 0 spiro atoms. The smallest absolute Gasteiger partial charge is 0.251 e. The van der Waals surface area contributed by atoms with E-state index >= 15 is 0 Å². The van der Waals surface area contributed by atoms with E-state index in [1.165, 1.54) is 0 Å². The number of hydrogen-bond acceptors (Lipinski definition) is 3. The summed E-state index contributed by atoms with van der Waals surface area (Å²) >= 11 is 0. The van der Waals surface area contributed by atoms with Gasteiger partial charge in [-0.05, 0) is 31.4 Å². The van der Waals surface area contributed by atoms with Crippen molar-refractivity contribution in [2.45, 2.75) is 25.3 Å². The SMILES string of the molecule is O=C(NCC(=O)N1CCC[C@H]2COCC[C@@H]21)c1cc(F)cc(F)c1. The van der Waals surface area contributed by atoms with Gasteiger partial charge in [-0.3, -0.25) is 9.59 Å². The molecule has 130 valence electrons. The molecule has 0 aromatic heterocycles. The Labute approximate surface area is 139 Å². The van der Waals surface area contributed by atoms with E-state index in [4.69, 9.17) is 4.74 Å². The maximum absolute atomic E-state index is 13.2. The quantitative estimate of drug-likeness (QED) is 0.913. The van der Waals surface area contributed by atoms with E-state index in [1.54, 1.807) is 0 Å². The highest BCUT2D eigenvalue weighted by Gasteiger charge is 2.36. The first-order chi connectivity index (χ1) is 11.5. The van der Waals surface area contributed by atoms with Gasteiger partial charge in [0, 0.05) is 36.7 Å². The van der Waals surface area contributed by atoms with Crippen molar-refractivity contribution in [2.75, 3.05) is 26.3 Å². The number of ether oxygens (including phenoxy) is 1. The molecule has 2 atom stereocenters. The summed E-state index contributed by atoms with van der Waals surface area (Å²) in [4.78, 5) is 26.2. The zero-order valence-corrected chi connectivity index (χ0v) is 13.3. The molecule has 0 bridgehead atoms. The molecule has 1 N–H and O–H groups in total. The topological polar surface area (TPSA) is 58.6 Å². The van der Waals surface area contributed by atoms with Gasteiger partial charge in [-0.1, -0.05) is 0 Å². The predicted molar refractivity (Wildman–Crippen MR) is 82.4 cm³/mol. The van der Waals surface area contributed by atoms with E-state index < -0.39 is 17.5 Å². The van der Waals surface area contributed by atoms with E-state index in [0.717, 1.165) is 31.4 Å². The number of fused-ring (bicyclic) bond motifs is 1. The monoisotopic (exact) mass is 338 g/mol. The molecule has 5 nitrogen and oxygen atoms in total. The minimum Gasteiger partial charge on any atom is -0.381 e. The van der Waals surface area contributed by atoms with Gasteiger partial charge in [-0.25, -0.2) is 8.78 Å². The van der Waals surface area contributed by atoms with Gasteiger partial charge in [0.25, 0.3) is 5.91 Å². The van der Waals surface area contributed by atoms with Crippen molar-refractivity contribution in [1.82, 2.24) is 10.2 Å². The third kappa shape index (κ3) is 3.72. The Morgan fingerprint density at radius 3 is 2.71 bits per heavy atom. The lowest BCUT2D eigenvalue weighted by Crippen LogP contribution is -2.54. The fraction of sp³-hybridized carbons (Fsp3) is 0.529. The molecule has 1 aromatic rings. The fourth-order valence-electron chi connectivity index (χ4n) is 3.52. The maximum atomic E-state index is 13.2. The maximum Gasteiger partial charge on any atom is 0.251 e. The number of benzene rings is 1. The first-order valence-electron chi connectivity index (χ1n) is 8.16. The molecule has 2 aliphatic rings. The van der Waals surface area contributed by atoms with Crippen LogP contribution in [0.1, 0.15) is 29.6 Å². The second kappa shape index (κ2) is 7.25. The first kappa shape index (κ1) is 16.8. The molecule has 1 aromatic carbocycles. The fourth-order valence-corrected chi connectivity index (χ4v) is 3.52. The molecule has 0 saturated carbocycles. The Morgan fingerprint density at radius 1 is 1.21 bits per heavy atom. The number of piperidine rings is 1. The number of carbonyl (C=O) groups is 2. The number of carbonyl (C=O) groups excluding carboxylic acids is 2. The third-order valence-corrected chi connectivity index (χ3v) is 4.65. The van der Waals surface area contributed by atoms with Crippen LogP contribution in [-0.4, -0.2) is 49.1 Å². The predicted octanol–water partition coefficient (Wildman–Crippen LogP) is 1.72. The van der Waals surface area contributed by atoms with Gasteiger partial charge in [-0.15, -0.1) is 0 Å². The molecule has 7 heteroatoms. The second-order valence-corrected chi connectivity index (χ2v) is 6.26. The highest BCUT2D eigenvalue weighted by Crippen LogP contribution is 2.29. The van der Waals surface area contributed by atoms with Crippen molar-refractivity contribution in [3.63, 3.8) is 0 Å². The van der Waals surface area contributed by atoms with E-state index in [-0.39, 0.29) is 24.1 Å². The van der Waals surface area contributed by atoms with Crippen LogP contribution in [0.2, 0.25) is 0 Å². The number of nitrogens with one attached hydrogen (secondary N) is 1. The largest absolute Gasteiger partial charge is 0.381 e. The summed E-state index contributed by atoms with van der Waals surface area (Å²) in [5.74, 6) is -2.14. The molecule has 2 fully saturated rings. The van der Waals surface area contributed by atoms with Crippen LogP contribution in [0, 0.1) is 17.6 Å². The molecule has 0 radical (unpaired) electrons.